The number of benzene rings is 2. The van der Waals surface area contributed by atoms with Crippen LogP contribution >= 0.6 is 23.4 Å². The standard InChI is InChI=1S/C20H15ClFN3O2S/c21-16-8-5-13(18(23)26)10-17(16)25-19(27)15-2-1-9-24-20(15)28-11-12-3-6-14(22)7-4-12/h1-10H,11H2,(H2,23,26)(H,25,27). The first-order valence-electron chi connectivity index (χ1n) is 8.17. The topological polar surface area (TPSA) is 85.1 Å². The highest BCUT2D eigenvalue weighted by Crippen LogP contribution is 2.27. The first-order valence-corrected chi connectivity index (χ1v) is 9.53. The molecule has 142 valence electrons. The van der Waals surface area contributed by atoms with Gasteiger partial charge in [-0.1, -0.05) is 23.7 Å². The number of aromatic nitrogens is 1. The van der Waals surface area contributed by atoms with Crippen molar-refractivity contribution in [1.29, 1.82) is 0 Å². The molecule has 3 N–H and O–H groups in total. The smallest absolute Gasteiger partial charge is 0.258 e. The molecule has 0 saturated carbocycles. The fourth-order valence-electron chi connectivity index (χ4n) is 2.37. The van der Waals surface area contributed by atoms with Gasteiger partial charge in [0.1, 0.15) is 10.8 Å². The Balaban J connectivity index is 1.78. The van der Waals surface area contributed by atoms with Gasteiger partial charge in [0.2, 0.25) is 5.91 Å². The molecule has 0 fully saturated rings. The minimum atomic E-state index is -0.621. The summed E-state index contributed by atoms with van der Waals surface area (Å²) in [6, 6.07) is 13.8. The van der Waals surface area contributed by atoms with Gasteiger partial charge in [-0.05, 0) is 48.0 Å². The van der Waals surface area contributed by atoms with Gasteiger partial charge in [0.25, 0.3) is 5.91 Å². The summed E-state index contributed by atoms with van der Waals surface area (Å²) in [7, 11) is 0. The summed E-state index contributed by atoms with van der Waals surface area (Å²) in [4.78, 5) is 28.3. The maximum absolute atomic E-state index is 13.0. The third kappa shape index (κ3) is 4.88. The molecular formula is C20H15ClFN3O2S. The number of amides is 2. The van der Waals surface area contributed by atoms with Gasteiger partial charge in [-0.2, -0.15) is 0 Å². The summed E-state index contributed by atoms with van der Waals surface area (Å²) in [6.07, 6.45) is 1.59. The number of hydrogen-bond donors (Lipinski definition) is 2. The highest BCUT2D eigenvalue weighted by Gasteiger charge is 2.15. The SMILES string of the molecule is NC(=O)c1ccc(Cl)c(NC(=O)c2cccnc2SCc2ccc(F)cc2)c1. The number of carbonyl (C=O) groups excluding carboxylic acids is 2. The number of pyridine rings is 1. The van der Waals surface area contributed by atoms with E-state index in [-0.39, 0.29) is 22.1 Å². The highest BCUT2D eigenvalue weighted by molar-refractivity contribution is 7.98. The number of halogens is 2. The average Bonchev–Trinajstić information content (AvgIpc) is 2.69. The number of primary amides is 1. The Morgan fingerprint density at radius 2 is 1.89 bits per heavy atom. The van der Waals surface area contributed by atoms with Crippen molar-refractivity contribution >= 4 is 40.9 Å². The molecule has 8 heteroatoms. The minimum absolute atomic E-state index is 0.233. The van der Waals surface area contributed by atoms with Gasteiger partial charge in [0, 0.05) is 17.5 Å². The molecule has 3 rings (SSSR count). The number of hydrogen-bond acceptors (Lipinski definition) is 4. The van der Waals surface area contributed by atoms with Crippen molar-refractivity contribution in [3.05, 3.63) is 88.3 Å². The van der Waals surface area contributed by atoms with Crippen molar-refractivity contribution in [2.45, 2.75) is 10.8 Å². The summed E-state index contributed by atoms with van der Waals surface area (Å²) in [6.45, 7) is 0. The van der Waals surface area contributed by atoms with Gasteiger partial charge >= 0.3 is 0 Å². The molecule has 0 aliphatic heterocycles. The lowest BCUT2D eigenvalue weighted by molar-refractivity contribution is 0.0995. The Kier molecular flexibility index (Phi) is 6.28. The zero-order chi connectivity index (χ0) is 20.1. The van der Waals surface area contributed by atoms with E-state index in [0.29, 0.717) is 16.3 Å². The summed E-state index contributed by atoms with van der Waals surface area (Å²) >= 11 is 7.46. The fourth-order valence-corrected chi connectivity index (χ4v) is 3.49. The summed E-state index contributed by atoms with van der Waals surface area (Å²) in [5.41, 5.74) is 7.04. The maximum Gasteiger partial charge on any atom is 0.258 e. The molecular weight excluding hydrogens is 401 g/mol. The average molecular weight is 416 g/mol. The Hall–Kier alpha value is -2.90. The van der Waals surface area contributed by atoms with Gasteiger partial charge in [0.05, 0.1) is 16.3 Å². The van der Waals surface area contributed by atoms with E-state index < -0.39 is 11.8 Å². The molecule has 0 aliphatic carbocycles. The van der Waals surface area contributed by atoms with Crippen LogP contribution in [0.25, 0.3) is 0 Å². The number of nitrogens with zero attached hydrogens (tertiary/aromatic N) is 1. The number of nitrogens with one attached hydrogen (secondary N) is 1. The molecule has 0 bridgehead atoms. The Morgan fingerprint density at radius 3 is 2.61 bits per heavy atom. The van der Waals surface area contributed by atoms with Crippen molar-refractivity contribution in [3.8, 4) is 0 Å². The van der Waals surface area contributed by atoms with Gasteiger partial charge in [-0.15, -0.1) is 11.8 Å². The van der Waals surface area contributed by atoms with E-state index in [1.165, 1.54) is 42.1 Å². The number of nitrogens with two attached hydrogens (primary N) is 1. The highest BCUT2D eigenvalue weighted by atomic mass is 35.5. The third-order valence-corrected chi connectivity index (χ3v) is 5.21. The predicted octanol–water partition coefficient (Wildman–Crippen LogP) is 4.52. The second kappa shape index (κ2) is 8.86. The van der Waals surface area contributed by atoms with E-state index in [4.69, 9.17) is 17.3 Å². The molecule has 0 spiro atoms. The van der Waals surface area contributed by atoms with Crippen molar-refractivity contribution in [2.24, 2.45) is 5.73 Å². The second-order valence-electron chi connectivity index (χ2n) is 5.78. The van der Waals surface area contributed by atoms with Crippen LogP contribution in [-0.2, 0) is 5.75 Å². The largest absolute Gasteiger partial charge is 0.366 e. The van der Waals surface area contributed by atoms with E-state index >= 15 is 0 Å². The van der Waals surface area contributed by atoms with Crippen molar-refractivity contribution in [1.82, 2.24) is 4.98 Å². The van der Waals surface area contributed by atoms with Crippen LogP contribution in [0.2, 0.25) is 5.02 Å². The van der Waals surface area contributed by atoms with E-state index in [1.807, 2.05) is 0 Å². The molecule has 5 nitrogen and oxygen atoms in total. The quantitative estimate of drug-likeness (QED) is 0.580. The van der Waals surface area contributed by atoms with Crippen molar-refractivity contribution < 1.29 is 14.0 Å². The van der Waals surface area contributed by atoms with Crippen molar-refractivity contribution in [2.75, 3.05) is 5.32 Å². The van der Waals surface area contributed by atoms with Crippen LogP contribution in [0, 0.1) is 5.82 Å². The molecule has 3 aromatic rings. The maximum atomic E-state index is 13.0. The van der Waals surface area contributed by atoms with Crippen LogP contribution in [0.5, 0.6) is 0 Å². The molecule has 28 heavy (non-hydrogen) atoms. The van der Waals surface area contributed by atoms with Crippen LogP contribution in [0.4, 0.5) is 10.1 Å². The lowest BCUT2D eigenvalue weighted by atomic mass is 10.2. The predicted molar refractivity (Wildman–Crippen MR) is 108 cm³/mol. The van der Waals surface area contributed by atoms with E-state index in [0.717, 1.165) is 5.56 Å². The number of carbonyl (C=O) groups is 2. The van der Waals surface area contributed by atoms with Crippen molar-refractivity contribution in [3.63, 3.8) is 0 Å². The van der Waals surface area contributed by atoms with Crippen LogP contribution in [0.1, 0.15) is 26.3 Å². The first kappa shape index (κ1) is 19.9. The molecule has 0 aliphatic rings. The minimum Gasteiger partial charge on any atom is -0.366 e. The third-order valence-electron chi connectivity index (χ3n) is 3.80. The number of rotatable bonds is 6. The van der Waals surface area contributed by atoms with Gasteiger partial charge in [-0.25, -0.2) is 9.37 Å². The molecule has 2 amide bonds. The first-order chi connectivity index (χ1) is 13.4. The van der Waals surface area contributed by atoms with Crippen LogP contribution < -0.4 is 11.1 Å². The van der Waals surface area contributed by atoms with Crippen LogP contribution in [0.15, 0.2) is 65.8 Å². The second-order valence-corrected chi connectivity index (χ2v) is 7.16. The Labute approximate surface area is 170 Å². The summed E-state index contributed by atoms with van der Waals surface area (Å²) < 4.78 is 13.0. The summed E-state index contributed by atoms with van der Waals surface area (Å²) in [5, 5.41) is 3.49. The Bertz CT molecular complexity index is 1030. The fraction of sp³-hybridized carbons (Fsp3) is 0.0500. The molecule has 0 atom stereocenters. The zero-order valence-corrected chi connectivity index (χ0v) is 16.1. The van der Waals surface area contributed by atoms with Gasteiger partial charge < -0.3 is 11.1 Å². The lowest BCUT2D eigenvalue weighted by Gasteiger charge is -2.11. The van der Waals surface area contributed by atoms with Gasteiger partial charge in [0.15, 0.2) is 0 Å². The summed E-state index contributed by atoms with van der Waals surface area (Å²) in [5.74, 6) is -0.820. The van der Waals surface area contributed by atoms with E-state index in [9.17, 15) is 14.0 Å². The zero-order valence-electron chi connectivity index (χ0n) is 14.5. The number of anilines is 1. The van der Waals surface area contributed by atoms with Crippen LogP contribution in [0.3, 0.4) is 0 Å². The van der Waals surface area contributed by atoms with E-state index in [2.05, 4.69) is 10.3 Å². The lowest BCUT2D eigenvalue weighted by Crippen LogP contribution is -2.16. The Morgan fingerprint density at radius 1 is 1.14 bits per heavy atom. The normalized spacial score (nSPS) is 10.5. The van der Waals surface area contributed by atoms with E-state index in [1.54, 1.807) is 30.5 Å². The molecule has 0 radical (unpaired) electrons. The molecule has 0 saturated heterocycles. The number of thioether (sulfide) groups is 1. The molecule has 2 aromatic carbocycles. The van der Waals surface area contributed by atoms with Gasteiger partial charge in [-0.3, -0.25) is 9.59 Å². The molecule has 1 heterocycles. The molecule has 1 aromatic heterocycles. The van der Waals surface area contributed by atoms with Crippen LogP contribution in [-0.4, -0.2) is 16.8 Å². The molecule has 0 unspecified atom stereocenters. The monoisotopic (exact) mass is 415 g/mol.